The molecule has 0 aliphatic carbocycles. The van der Waals surface area contributed by atoms with Crippen molar-refractivity contribution >= 4 is 39.9 Å². The highest BCUT2D eigenvalue weighted by Gasteiger charge is 2.08. The molecule has 0 atom stereocenters. The topological polar surface area (TPSA) is 68.0 Å². The van der Waals surface area contributed by atoms with E-state index in [0.717, 1.165) is 38.6 Å². The van der Waals surface area contributed by atoms with E-state index in [-0.39, 0.29) is 5.56 Å². The summed E-state index contributed by atoms with van der Waals surface area (Å²) in [5.74, 6) is -0.922. The van der Waals surface area contributed by atoms with Gasteiger partial charge in [-0.1, -0.05) is 66.7 Å². The van der Waals surface area contributed by atoms with Crippen LogP contribution in [0, 0.1) is 0 Å². The van der Waals surface area contributed by atoms with E-state index in [1.165, 1.54) is 0 Å². The van der Waals surface area contributed by atoms with E-state index in [1.807, 2.05) is 54.6 Å². The average Bonchev–Trinajstić information content (AvgIpc) is 3.23. The molecule has 0 amide bonds. The Morgan fingerprint density at radius 3 is 2.13 bits per heavy atom. The molecule has 5 nitrogen and oxygen atoms in total. The van der Waals surface area contributed by atoms with Gasteiger partial charge >= 0.3 is 5.97 Å². The van der Waals surface area contributed by atoms with Crippen molar-refractivity contribution in [3.05, 3.63) is 102 Å². The first-order chi connectivity index (χ1) is 14.7. The Bertz CT molecular complexity index is 1400. The smallest absolute Gasteiger partial charge is 0.335 e. The van der Waals surface area contributed by atoms with Crippen LogP contribution in [-0.2, 0) is 0 Å². The number of fused-ring (bicyclic) bond motifs is 3. The minimum atomic E-state index is -0.922. The summed E-state index contributed by atoms with van der Waals surface area (Å²) in [4.78, 5) is 12.6. The highest BCUT2D eigenvalue weighted by molar-refractivity contribution is 6.03. The molecule has 4 aromatic carbocycles. The van der Waals surface area contributed by atoms with Gasteiger partial charge in [0, 0.05) is 5.39 Å². The zero-order chi connectivity index (χ0) is 20.5. The lowest BCUT2D eigenvalue weighted by atomic mass is 10.1. The molecule has 0 aliphatic rings. The van der Waals surface area contributed by atoms with Crippen LogP contribution < -0.4 is 0 Å². The summed E-state index contributed by atoms with van der Waals surface area (Å²) < 4.78 is 0. The molecule has 5 heteroatoms. The van der Waals surface area contributed by atoms with Crippen LogP contribution in [-0.4, -0.2) is 26.1 Å². The first-order valence-electron chi connectivity index (χ1n) is 9.54. The summed E-state index contributed by atoms with van der Waals surface area (Å²) in [6, 6.07) is 27.0. The van der Waals surface area contributed by atoms with Crippen LogP contribution in [0.5, 0.6) is 0 Å². The highest BCUT2D eigenvalue weighted by atomic mass is 16.4. The van der Waals surface area contributed by atoms with Crippen LogP contribution in [0.2, 0.25) is 0 Å². The van der Waals surface area contributed by atoms with Crippen molar-refractivity contribution in [3.8, 4) is 5.69 Å². The van der Waals surface area contributed by atoms with Crippen LogP contribution >= 0.6 is 0 Å². The van der Waals surface area contributed by atoms with Crippen molar-refractivity contribution in [2.75, 3.05) is 0 Å². The van der Waals surface area contributed by atoms with E-state index in [2.05, 4.69) is 23.3 Å². The quantitative estimate of drug-likeness (QED) is 0.414. The molecule has 1 aromatic heterocycles. The highest BCUT2D eigenvalue weighted by Crippen LogP contribution is 2.23. The molecule has 30 heavy (non-hydrogen) atoms. The van der Waals surface area contributed by atoms with Crippen molar-refractivity contribution in [1.82, 2.24) is 15.0 Å². The lowest BCUT2D eigenvalue weighted by molar-refractivity contribution is 0.0697. The largest absolute Gasteiger partial charge is 0.478 e. The summed E-state index contributed by atoms with van der Waals surface area (Å²) in [6.45, 7) is 0. The van der Waals surface area contributed by atoms with Crippen molar-refractivity contribution in [3.63, 3.8) is 0 Å². The zero-order valence-corrected chi connectivity index (χ0v) is 15.9. The van der Waals surface area contributed by atoms with E-state index >= 15 is 0 Å². The fraction of sp³-hybridized carbons (Fsp3) is 0. The van der Waals surface area contributed by atoms with E-state index in [0.29, 0.717) is 0 Å². The zero-order valence-electron chi connectivity index (χ0n) is 15.9. The van der Waals surface area contributed by atoms with Gasteiger partial charge in [-0.25, -0.2) is 4.79 Å². The number of benzene rings is 4. The molecule has 5 aromatic rings. The number of nitrogens with zero attached hydrogens (tertiary/aromatic N) is 3. The Balaban J connectivity index is 1.40. The SMILES string of the molecule is O=C(O)c1ccc(/C=C/c2ccc(-n3nc4ccc5ccccc5c4n3)cc2)cc1. The van der Waals surface area contributed by atoms with Crippen LogP contribution in [0.15, 0.2) is 84.9 Å². The lowest BCUT2D eigenvalue weighted by Gasteiger charge is -2.00. The van der Waals surface area contributed by atoms with Gasteiger partial charge < -0.3 is 5.11 Å². The number of rotatable bonds is 4. The van der Waals surface area contributed by atoms with Gasteiger partial charge in [-0.2, -0.15) is 4.80 Å². The number of carbonyl (C=O) groups is 1. The molecule has 0 radical (unpaired) electrons. The molecule has 0 unspecified atom stereocenters. The van der Waals surface area contributed by atoms with Gasteiger partial charge in [-0.15, -0.1) is 10.2 Å². The monoisotopic (exact) mass is 391 g/mol. The predicted molar refractivity (Wildman–Crippen MR) is 119 cm³/mol. The Labute approximate surface area is 172 Å². The molecule has 144 valence electrons. The van der Waals surface area contributed by atoms with Crippen molar-refractivity contribution in [2.45, 2.75) is 0 Å². The Kier molecular flexibility index (Phi) is 4.33. The van der Waals surface area contributed by atoms with Gasteiger partial charge in [0.1, 0.15) is 11.0 Å². The normalized spacial score (nSPS) is 11.5. The fourth-order valence-corrected chi connectivity index (χ4v) is 3.41. The Morgan fingerprint density at radius 2 is 1.43 bits per heavy atom. The molecular weight excluding hydrogens is 374 g/mol. The molecule has 1 heterocycles. The van der Waals surface area contributed by atoms with Crippen molar-refractivity contribution in [1.29, 1.82) is 0 Å². The van der Waals surface area contributed by atoms with E-state index in [4.69, 9.17) is 10.2 Å². The molecule has 0 saturated carbocycles. The summed E-state index contributed by atoms with van der Waals surface area (Å²) in [5.41, 5.74) is 4.89. The number of hydrogen-bond donors (Lipinski definition) is 1. The molecule has 0 spiro atoms. The number of carboxylic acids is 1. The lowest BCUT2D eigenvalue weighted by Crippen LogP contribution is -1.97. The fourth-order valence-electron chi connectivity index (χ4n) is 3.41. The number of aromatic carboxylic acids is 1. The minimum absolute atomic E-state index is 0.281. The van der Waals surface area contributed by atoms with E-state index in [1.54, 1.807) is 29.1 Å². The molecule has 0 saturated heterocycles. The summed E-state index contributed by atoms with van der Waals surface area (Å²) >= 11 is 0. The van der Waals surface area contributed by atoms with Gasteiger partial charge in [0.2, 0.25) is 0 Å². The third-order valence-corrected chi connectivity index (χ3v) is 5.03. The molecular formula is C25H17N3O2. The second kappa shape index (κ2) is 7.29. The predicted octanol–water partition coefficient (Wildman–Crippen LogP) is 5.44. The van der Waals surface area contributed by atoms with Gasteiger partial charge in [-0.3, -0.25) is 0 Å². The molecule has 0 bridgehead atoms. The van der Waals surface area contributed by atoms with Crippen molar-refractivity contribution < 1.29 is 9.90 Å². The number of hydrogen-bond acceptors (Lipinski definition) is 3. The molecule has 0 aliphatic heterocycles. The van der Waals surface area contributed by atoms with Crippen LogP contribution in [0.3, 0.4) is 0 Å². The number of carboxylic acid groups (broad SMARTS) is 1. The second-order valence-electron chi connectivity index (χ2n) is 7.00. The van der Waals surface area contributed by atoms with Gasteiger partial charge in [0.05, 0.1) is 11.3 Å². The van der Waals surface area contributed by atoms with Gasteiger partial charge in [0.15, 0.2) is 0 Å². The Hall–Kier alpha value is -4.25. The van der Waals surface area contributed by atoms with Crippen LogP contribution in [0.4, 0.5) is 0 Å². The maximum absolute atomic E-state index is 10.9. The second-order valence-corrected chi connectivity index (χ2v) is 7.00. The standard InChI is InChI=1S/C25H17N3O2/c29-25(30)20-11-7-17(8-12-20)5-6-18-9-14-21(15-10-18)28-26-23-16-13-19-3-1-2-4-22(19)24(23)27-28/h1-16H,(H,29,30)/b6-5+. The van der Waals surface area contributed by atoms with Crippen molar-refractivity contribution in [2.24, 2.45) is 0 Å². The summed E-state index contributed by atoms with van der Waals surface area (Å²) in [5, 5.41) is 20.5. The van der Waals surface area contributed by atoms with Crippen LogP contribution in [0.1, 0.15) is 21.5 Å². The van der Waals surface area contributed by atoms with Gasteiger partial charge in [0.25, 0.3) is 0 Å². The molecule has 5 rings (SSSR count). The summed E-state index contributed by atoms with van der Waals surface area (Å²) in [7, 11) is 0. The maximum Gasteiger partial charge on any atom is 0.335 e. The number of aromatic nitrogens is 3. The first-order valence-corrected chi connectivity index (χ1v) is 9.54. The maximum atomic E-state index is 10.9. The minimum Gasteiger partial charge on any atom is -0.478 e. The third-order valence-electron chi connectivity index (χ3n) is 5.03. The average molecular weight is 391 g/mol. The third kappa shape index (κ3) is 3.33. The van der Waals surface area contributed by atoms with Crippen LogP contribution in [0.25, 0.3) is 39.6 Å². The van der Waals surface area contributed by atoms with Gasteiger partial charge in [-0.05, 0) is 46.8 Å². The van der Waals surface area contributed by atoms with E-state index < -0.39 is 5.97 Å². The Morgan fingerprint density at radius 1 is 0.767 bits per heavy atom. The molecule has 1 N–H and O–H groups in total. The van der Waals surface area contributed by atoms with E-state index in [9.17, 15) is 4.79 Å². The molecule has 0 fully saturated rings. The summed E-state index contributed by atoms with van der Waals surface area (Å²) in [6.07, 6.45) is 3.94. The first kappa shape index (κ1) is 17.8.